The molecule has 3 N–H and O–H groups in total. The summed E-state index contributed by atoms with van der Waals surface area (Å²) in [5.74, 6) is -2.15. The minimum atomic E-state index is -1.41. The van der Waals surface area contributed by atoms with E-state index in [4.69, 9.17) is 23.2 Å². The number of nitrogens with one attached hydrogen (secondary N) is 3. The molecule has 218 valence electrons. The molecular formula is C32H31Cl2FN4O3. The molecule has 7 nitrogen and oxygen atoms in total. The van der Waals surface area contributed by atoms with Crippen molar-refractivity contribution in [3.8, 4) is 0 Å². The molecule has 6 rings (SSSR count). The van der Waals surface area contributed by atoms with Crippen LogP contribution in [0.15, 0.2) is 60.7 Å². The van der Waals surface area contributed by atoms with Crippen LogP contribution in [0.2, 0.25) is 10.0 Å². The van der Waals surface area contributed by atoms with Crippen LogP contribution in [0.3, 0.4) is 0 Å². The van der Waals surface area contributed by atoms with E-state index in [1.807, 2.05) is 13.0 Å². The van der Waals surface area contributed by atoms with Crippen molar-refractivity contribution in [1.82, 2.24) is 15.5 Å². The minimum absolute atomic E-state index is 0.0150. The molecule has 3 heterocycles. The van der Waals surface area contributed by atoms with Gasteiger partial charge in [0.05, 0.1) is 6.04 Å². The summed E-state index contributed by atoms with van der Waals surface area (Å²) in [5, 5.41) is 10.3. The Labute approximate surface area is 253 Å². The lowest BCUT2D eigenvalue weighted by Gasteiger charge is -2.51. The van der Waals surface area contributed by atoms with Crippen LogP contribution >= 0.6 is 23.2 Å². The summed E-state index contributed by atoms with van der Waals surface area (Å²) in [6.45, 7) is 3.13. The van der Waals surface area contributed by atoms with E-state index in [2.05, 4.69) is 16.0 Å². The van der Waals surface area contributed by atoms with Gasteiger partial charge in [0.1, 0.15) is 17.8 Å². The van der Waals surface area contributed by atoms with Gasteiger partial charge in [-0.05, 0) is 91.5 Å². The van der Waals surface area contributed by atoms with Crippen molar-refractivity contribution in [2.75, 3.05) is 25.0 Å². The maximum absolute atomic E-state index is 15.0. The average molecular weight is 610 g/mol. The molecule has 0 bridgehead atoms. The third kappa shape index (κ3) is 4.95. The van der Waals surface area contributed by atoms with Crippen molar-refractivity contribution < 1.29 is 18.8 Å². The zero-order valence-corrected chi connectivity index (χ0v) is 24.6. The fourth-order valence-electron chi connectivity index (χ4n) is 6.98. The first-order chi connectivity index (χ1) is 20.2. The monoisotopic (exact) mass is 608 g/mol. The van der Waals surface area contributed by atoms with E-state index >= 15 is 0 Å². The number of nitrogens with zero attached hydrogens (tertiary/aromatic N) is 1. The van der Waals surface area contributed by atoms with E-state index in [0.717, 1.165) is 25.9 Å². The second-order valence-corrected chi connectivity index (χ2v) is 12.2. The van der Waals surface area contributed by atoms with Crippen molar-refractivity contribution in [1.29, 1.82) is 0 Å². The number of rotatable bonds is 5. The van der Waals surface area contributed by atoms with Gasteiger partial charge in [-0.3, -0.25) is 14.4 Å². The number of benzene rings is 3. The van der Waals surface area contributed by atoms with Crippen LogP contribution in [0.25, 0.3) is 0 Å². The summed E-state index contributed by atoms with van der Waals surface area (Å²) in [5.41, 5.74) is 1.60. The molecule has 3 aliphatic heterocycles. The van der Waals surface area contributed by atoms with E-state index < -0.39 is 23.2 Å². The fraction of sp³-hybridized carbons (Fsp3) is 0.344. The topological polar surface area (TPSA) is 90.5 Å². The molecule has 0 unspecified atom stereocenters. The van der Waals surface area contributed by atoms with Gasteiger partial charge in [-0.25, -0.2) is 4.39 Å². The zero-order chi connectivity index (χ0) is 29.6. The molecule has 10 heteroatoms. The van der Waals surface area contributed by atoms with Crippen LogP contribution in [-0.4, -0.2) is 48.3 Å². The van der Waals surface area contributed by atoms with Crippen molar-refractivity contribution in [3.63, 3.8) is 0 Å². The van der Waals surface area contributed by atoms with Gasteiger partial charge in [0.15, 0.2) is 0 Å². The van der Waals surface area contributed by atoms with Gasteiger partial charge in [-0.1, -0.05) is 47.5 Å². The Kier molecular flexibility index (Phi) is 7.72. The van der Waals surface area contributed by atoms with Crippen molar-refractivity contribution in [3.05, 3.63) is 98.8 Å². The first-order valence-electron chi connectivity index (χ1n) is 14.1. The molecule has 3 amide bonds. The highest BCUT2D eigenvalue weighted by Gasteiger charge is 2.63. The molecule has 2 saturated heterocycles. The third-order valence-electron chi connectivity index (χ3n) is 8.85. The Balaban J connectivity index is 1.56. The number of carbonyl (C=O) groups is 3. The Bertz CT molecular complexity index is 1580. The van der Waals surface area contributed by atoms with Crippen molar-refractivity contribution in [2.24, 2.45) is 0 Å². The van der Waals surface area contributed by atoms with Crippen LogP contribution in [0.4, 0.5) is 10.1 Å². The number of amides is 3. The summed E-state index contributed by atoms with van der Waals surface area (Å²) in [6, 6.07) is 15.6. The fourth-order valence-corrected chi connectivity index (χ4v) is 7.35. The van der Waals surface area contributed by atoms with Crippen LogP contribution in [0, 0.1) is 12.7 Å². The molecule has 1 spiro atoms. The van der Waals surface area contributed by atoms with E-state index in [9.17, 15) is 18.8 Å². The molecule has 3 aromatic rings. The quantitative estimate of drug-likeness (QED) is 0.369. The number of piperidine rings is 2. The van der Waals surface area contributed by atoms with Crippen LogP contribution < -0.4 is 16.0 Å². The van der Waals surface area contributed by atoms with Gasteiger partial charge in [0, 0.05) is 34.1 Å². The maximum Gasteiger partial charge on any atom is 0.239 e. The summed E-state index contributed by atoms with van der Waals surface area (Å²) in [6.07, 6.45) is 1.51. The standard InChI is InChI=1S/C32H31Cl2FN4O3/c1-18-5-7-22(35)15-24(18)30-32(25-8-6-21(34)14-27(25)38-31(32)42)26(19-3-2-4-20(33)13-19)16-29(41)39(30)17-28(40)37-23-9-11-36-12-10-23/h2-8,13-15,23,26,30,36H,9-12,16-17H2,1H3,(H,37,40)(H,38,42)/t26-,30+,32-/m0/s1. The van der Waals surface area contributed by atoms with E-state index in [1.165, 1.54) is 17.0 Å². The highest BCUT2D eigenvalue weighted by molar-refractivity contribution is 6.31. The number of hydrogen-bond acceptors (Lipinski definition) is 4. The number of likely N-dealkylation sites (tertiary alicyclic amines) is 1. The van der Waals surface area contributed by atoms with Crippen LogP contribution in [0.5, 0.6) is 0 Å². The summed E-state index contributed by atoms with van der Waals surface area (Å²) in [7, 11) is 0. The normalized spacial score (nSPS) is 24.0. The van der Waals surface area contributed by atoms with Crippen molar-refractivity contribution >= 4 is 46.6 Å². The lowest BCUT2D eigenvalue weighted by molar-refractivity contribution is -0.149. The van der Waals surface area contributed by atoms with E-state index in [1.54, 1.807) is 42.5 Å². The lowest BCUT2D eigenvalue weighted by Crippen LogP contribution is -2.60. The summed E-state index contributed by atoms with van der Waals surface area (Å²) in [4.78, 5) is 43.6. The number of carbonyl (C=O) groups excluding carboxylic acids is 3. The van der Waals surface area contributed by atoms with Crippen LogP contribution in [0.1, 0.15) is 53.5 Å². The second kappa shape index (κ2) is 11.3. The number of halogens is 3. The first kappa shape index (κ1) is 28.6. The molecule has 0 aromatic heterocycles. The van der Waals surface area contributed by atoms with Crippen LogP contribution in [-0.2, 0) is 19.8 Å². The largest absolute Gasteiger partial charge is 0.352 e. The first-order valence-corrected chi connectivity index (χ1v) is 14.9. The number of aryl methyl sites for hydroxylation is 1. The smallest absolute Gasteiger partial charge is 0.239 e. The second-order valence-electron chi connectivity index (χ2n) is 11.3. The molecule has 2 fully saturated rings. The average Bonchev–Trinajstić information content (AvgIpc) is 3.23. The van der Waals surface area contributed by atoms with Gasteiger partial charge < -0.3 is 20.9 Å². The third-order valence-corrected chi connectivity index (χ3v) is 9.32. The van der Waals surface area contributed by atoms with E-state index in [0.29, 0.717) is 38.0 Å². The molecular weight excluding hydrogens is 578 g/mol. The molecule has 3 atom stereocenters. The van der Waals surface area contributed by atoms with Gasteiger partial charge in [-0.2, -0.15) is 0 Å². The molecule has 0 saturated carbocycles. The molecule has 3 aromatic carbocycles. The van der Waals surface area contributed by atoms with Gasteiger partial charge in [-0.15, -0.1) is 0 Å². The molecule has 42 heavy (non-hydrogen) atoms. The maximum atomic E-state index is 15.0. The lowest BCUT2D eigenvalue weighted by atomic mass is 9.58. The Hall–Kier alpha value is -3.46. The highest BCUT2D eigenvalue weighted by atomic mass is 35.5. The Morgan fingerprint density at radius 2 is 1.81 bits per heavy atom. The molecule has 0 aliphatic carbocycles. The summed E-state index contributed by atoms with van der Waals surface area (Å²) < 4.78 is 15.0. The zero-order valence-electron chi connectivity index (χ0n) is 23.1. The molecule has 3 aliphatic rings. The van der Waals surface area contributed by atoms with Gasteiger partial charge >= 0.3 is 0 Å². The Morgan fingerprint density at radius 1 is 1.05 bits per heavy atom. The van der Waals surface area contributed by atoms with Gasteiger partial charge in [0.2, 0.25) is 17.7 Å². The SMILES string of the molecule is Cc1ccc(F)cc1[C@H]1N(CC(=O)NC2CCNCC2)C(=O)C[C@@H](c2cccc(Cl)c2)[C@]12C(=O)Nc1cc(Cl)ccc12. The van der Waals surface area contributed by atoms with E-state index in [-0.39, 0.29) is 36.7 Å². The highest BCUT2D eigenvalue weighted by Crippen LogP contribution is 2.60. The minimum Gasteiger partial charge on any atom is -0.352 e. The summed E-state index contributed by atoms with van der Waals surface area (Å²) >= 11 is 12.8. The number of fused-ring (bicyclic) bond motifs is 2. The number of anilines is 1. The predicted octanol–water partition coefficient (Wildman–Crippen LogP) is 5.26. The predicted molar refractivity (Wildman–Crippen MR) is 160 cm³/mol. The molecule has 0 radical (unpaired) electrons. The number of hydrogen-bond donors (Lipinski definition) is 3. The van der Waals surface area contributed by atoms with Crippen molar-refractivity contribution in [2.45, 2.75) is 49.6 Å². The Morgan fingerprint density at radius 3 is 2.57 bits per heavy atom. The van der Waals surface area contributed by atoms with Gasteiger partial charge in [0.25, 0.3) is 0 Å².